The predicted molar refractivity (Wildman–Crippen MR) is 125 cm³/mol. The molecule has 0 unspecified atom stereocenters. The number of aryl methyl sites for hydroxylation is 1. The third kappa shape index (κ3) is 4.07. The lowest BCUT2D eigenvalue weighted by molar-refractivity contribution is -0.133. The van der Waals surface area contributed by atoms with Crippen molar-refractivity contribution in [3.8, 4) is 0 Å². The molecule has 1 aromatic carbocycles. The molecule has 3 aliphatic rings. The first kappa shape index (κ1) is 22.1. The standard InChI is InChI=1S/C26H34N4O3/c1-17-6-4-7-20(18(17)2)19-10-12-28(13-11-19)23(31)14-30-22-9-5-8-21(22)24(27-30)25(32)29-15-26(3,33)16-29/h4,6-7,19,33H,5,8-16H2,1-3H3. The van der Waals surface area contributed by atoms with Gasteiger partial charge in [-0.25, -0.2) is 0 Å². The van der Waals surface area contributed by atoms with Crippen LogP contribution in [0.25, 0.3) is 0 Å². The summed E-state index contributed by atoms with van der Waals surface area (Å²) < 4.78 is 1.77. The lowest BCUT2D eigenvalue weighted by Gasteiger charge is -2.43. The van der Waals surface area contributed by atoms with E-state index < -0.39 is 5.60 Å². The summed E-state index contributed by atoms with van der Waals surface area (Å²) in [5.41, 5.74) is 5.80. The van der Waals surface area contributed by atoms with E-state index in [0.29, 0.717) is 24.7 Å². The number of carbonyl (C=O) groups excluding carboxylic acids is 2. The van der Waals surface area contributed by atoms with Crippen LogP contribution in [0.3, 0.4) is 0 Å². The Bertz CT molecular complexity index is 1090. The molecular formula is C26H34N4O3. The van der Waals surface area contributed by atoms with E-state index in [0.717, 1.165) is 56.5 Å². The van der Waals surface area contributed by atoms with Gasteiger partial charge in [-0.15, -0.1) is 0 Å². The van der Waals surface area contributed by atoms with Crippen molar-refractivity contribution in [1.82, 2.24) is 19.6 Å². The average Bonchev–Trinajstić information content (AvgIpc) is 3.37. The molecule has 1 N–H and O–H groups in total. The van der Waals surface area contributed by atoms with E-state index in [2.05, 4.69) is 37.1 Å². The number of aliphatic hydroxyl groups is 1. The fourth-order valence-corrected chi connectivity index (χ4v) is 5.77. The smallest absolute Gasteiger partial charge is 0.274 e. The summed E-state index contributed by atoms with van der Waals surface area (Å²) in [5, 5.41) is 14.6. The molecule has 33 heavy (non-hydrogen) atoms. The van der Waals surface area contributed by atoms with Gasteiger partial charge in [-0.05, 0) is 75.5 Å². The van der Waals surface area contributed by atoms with Gasteiger partial charge in [0.05, 0.1) is 18.7 Å². The Balaban J connectivity index is 1.25. The predicted octanol–water partition coefficient (Wildman–Crippen LogP) is 2.60. The fraction of sp³-hybridized carbons (Fsp3) is 0.577. The molecule has 7 nitrogen and oxygen atoms in total. The van der Waals surface area contributed by atoms with Gasteiger partial charge in [-0.3, -0.25) is 14.3 Å². The maximum absolute atomic E-state index is 13.1. The van der Waals surface area contributed by atoms with Crippen LogP contribution < -0.4 is 0 Å². The molecule has 0 spiro atoms. The van der Waals surface area contributed by atoms with Crippen LogP contribution in [0, 0.1) is 13.8 Å². The number of piperidine rings is 1. The third-order valence-corrected chi connectivity index (χ3v) is 7.78. The highest BCUT2D eigenvalue weighted by Gasteiger charge is 2.42. The first-order valence-electron chi connectivity index (χ1n) is 12.2. The molecule has 176 valence electrons. The Morgan fingerprint density at radius 3 is 2.55 bits per heavy atom. The second kappa shape index (κ2) is 8.28. The summed E-state index contributed by atoms with van der Waals surface area (Å²) >= 11 is 0. The summed E-state index contributed by atoms with van der Waals surface area (Å²) in [6.07, 6.45) is 4.63. The summed E-state index contributed by atoms with van der Waals surface area (Å²) in [7, 11) is 0. The van der Waals surface area contributed by atoms with Gasteiger partial charge in [-0.1, -0.05) is 18.2 Å². The van der Waals surface area contributed by atoms with Gasteiger partial charge in [0.2, 0.25) is 5.91 Å². The molecule has 2 fully saturated rings. The van der Waals surface area contributed by atoms with Crippen molar-refractivity contribution in [3.63, 3.8) is 0 Å². The van der Waals surface area contributed by atoms with Crippen LogP contribution in [-0.4, -0.2) is 68.3 Å². The molecule has 2 aliphatic heterocycles. The molecule has 2 aromatic rings. The first-order valence-corrected chi connectivity index (χ1v) is 12.2. The molecule has 0 saturated carbocycles. The minimum atomic E-state index is -0.805. The zero-order valence-corrected chi connectivity index (χ0v) is 19.9. The van der Waals surface area contributed by atoms with E-state index in [1.807, 2.05) is 4.90 Å². The highest BCUT2D eigenvalue weighted by atomic mass is 16.3. The van der Waals surface area contributed by atoms with Crippen molar-refractivity contribution in [2.45, 2.75) is 70.9 Å². The SMILES string of the molecule is Cc1cccc(C2CCN(C(=O)Cn3nc(C(=O)N4CC(C)(O)C4)c4c3CCC4)CC2)c1C. The summed E-state index contributed by atoms with van der Waals surface area (Å²) in [6, 6.07) is 6.52. The van der Waals surface area contributed by atoms with Crippen LogP contribution in [0.15, 0.2) is 18.2 Å². The van der Waals surface area contributed by atoms with Crippen molar-refractivity contribution >= 4 is 11.8 Å². The molecular weight excluding hydrogens is 416 g/mol. The molecule has 2 amide bonds. The molecule has 5 rings (SSSR count). The van der Waals surface area contributed by atoms with Gasteiger partial charge in [-0.2, -0.15) is 5.10 Å². The van der Waals surface area contributed by atoms with Crippen molar-refractivity contribution < 1.29 is 14.7 Å². The number of carbonyl (C=O) groups is 2. The Hall–Kier alpha value is -2.67. The number of fused-ring (bicyclic) bond motifs is 1. The lowest BCUT2D eigenvalue weighted by atomic mass is 9.85. The summed E-state index contributed by atoms with van der Waals surface area (Å²) in [4.78, 5) is 29.7. The lowest BCUT2D eigenvalue weighted by Crippen LogP contribution is -2.61. The van der Waals surface area contributed by atoms with Gasteiger partial charge in [0, 0.05) is 24.3 Å². The number of amides is 2. The Labute approximate surface area is 195 Å². The van der Waals surface area contributed by atoms with Crippen LogP contribution in [0.5, 0.6) is 0 Å². The van der Waals surface area contributed by atoms with E-state index in [4.69, 9.17) is 0 Å². The van der Waals surface area contributed by atoms with Gasteiger partial charge >= 0.3 is 0 Å². The van der Waals surface area contributed by atoms with Crippen molar-refractivity contribution in [2.75, 3.05) is 26.2 Å². The van der Waals surface area contributed by atoms with Crippen LogP contribution in [-0.2, 0) is 24.2 Å². The highest BCUT2D eigenvalue weighted by molar-refractivity contribution is 5.95. The zero-order chi connectivity index (χ0) is 23.3. The molecule has 1 aromatic heterocycles. The van der Waals surface area contributed by atoms with Gasteiger partial charge in [0.25, 0.3) is 5.91 Å². The maximum Gasteiger partial charge on any atom is 0.274 e. The average molecular weight is 451 g/mol. The number of aromatic nitrogens is 2. The Morgan fingerprint density at radius 2 is 1.85 bits per heavy atom. The third-order valence-electron chi connectivity index (χ3n) is 7.78. The van der Waals surface area contributed by atoms with Gasteiger partial charge in [0.15, 0.2) is 5.69 Å². The number of nitrogens with zero attached hydrogens (tertiary/aromatic N) is 4. The number of hydrogen-bond acceptors (Lipinski definition) is 4. The van der Waals surface area contributed by atoms with Gasteiger partial charge in [0.1, 0.15) is 6.54 Å². The number of β-amino-alcohol motifs (C(OH)–C–C–N with tert-alkyl or cyclic N) is 1. The number of hydrogen-bond donors (Lipinski definition) is 1. The second-order valence-electron chi connectivity index (χ2n) is 10.4. The van der Waals surface area contributed by atoms with Crippen LogP contribution in [0.1, 0.15) is 70.5 Å². The van der Waals surface area contributed by atoms with Crippen LogP contribution in [0.2, 0.25) is 0 Å². The molecule has 0 radical (unpaired) electrons. The van der Waals surface area contributed by atoms with E-state index in [9.17, 15) is 14.7 Å². The van der Waals surface area contributed by atoms with Crippen LogP contribution in [0.4, 0.5) is 0 Å². The van der Waals surface area contributed by atoms with E-state index in [-0.39, 0.29) is 18.4 Å². The highest BCUT2D eigenvalue weighted by Crippen LogP contribution is 2.32. The Morgan fingerprint density at radius 1 is 1.12 bits per heavy atom. The largest absolute Gasteiger partial charge is 0.386 e. The molecule has 3 heterocycles. The summed E-state index contributed by atoms with van der Waals surface area (Å²) in [5.74, 6) is 0.457. The quantitative estimate of drug-likeness (QED) is 0.777. The van der Waals surface area contributed by atoms with Crippen molar-refractivity contribution in [1.29, 1.82) is 0 Å². The number of benzene rings is 1. The first-order chi connectivity index (χ1) is 15.7. The minimum Gasteiger partial charge on any atom is -0.386 e. The zero-order valence-electron chi connectivity index (χ0n) is 19.9. The van der Waals surface area contributed by atoms with Crippen molar-refractivity contribution in [3.05, 3.63) is 51.8 Å². The number of rotatable bonds is 4. The Kier molecular flexibility index (Phi) is 5.55. The molecule has 0 atom stereocenters. The van der Waals surface area contributed by atoms with E-state index in [1.165, 1.54) is 16.7 Å². The molecule has 7 heteroatoms. The molecule has 2 saturated heterocycles. The summed E-state index contributed by atoms with van der Waals surface area (Å²) in [6.45, 7) is 8.47. The van der Waals surface area contributed by atoms with Crippen LogP contribution >= 0.6 is 0 Å². The molecule has 0 bridgehead atoms. The monoisotopic (exact) mass is 450 g/mol. The van der Waals surface area contributed by atoms with E-state index >= 15 is 0 Å². The van der Waals surface area contributed by atoms with Crippen molar-refractivity contribution in [2.24, 2.45) is 0 Å². The fourth-order valence-electron chi connectivity index (χ4n) is 5.77. The van der Waals surface area contributed by atoms with E-state index in [1.54, 1.807) is 16.5 Å². The minimum absolute atomic E-state index is 0.0810. The normalized spacial score (nSPS) is 20.0. The molecule has 1 aliphatic carbocycles. The number of likely N-dealkylation sites (tertiary alicyclic amines) is 2. The van der Waals surface area contributed by atoms with Gasteiger partial charge < -0.3 is 14.9 Å². The maximum atomic E-state index is 13.1. The topological polar surface area (TPSA) is 78.7 Å². The second-order valence-corrected chi connectivity index (χ2v) is 10.4.